The van der Waals surface area contributed by atoms with Crippen LogP contribution in [0.3, 0.4) is 0 Å². The summed E-state index contributed by atoms with van der Waals surface area (Å²) in [6.07, 6.45) is 1.03. The number of carbonyl (C=O) groups is 1. The third kappa shape index (κ3) is 5.95. The van der Waals surface area contributed by atoms with Gasteiger partial charge >= 0.3 is 0 Å². The molecule has 0 aliphatic rings. The number of anilines is 1. The van der Waals surface area contributed by atoms with Crippen molar-refractivity contribution >= 4 is 21.6 Å². The van der Waals surface area contributed by atoms with Gasteiger partial charge in [-0.3, -0.25) is 9.10 Å². The zero-order valence-electron chi connectivity index (χ0n) is 16.0. The second-order valence-corrected chi connectivity index (χ2v) is 7.71. The Morgan fingerprint density at radius 3 is 2.00 bits per heavy atom. The van der Waals surface area contributed by atoms with Crippen LogP contribution in [0, 0.1) is 0 Å². The highest BCUT2D eigenvalue weighted by Crippen LogP contribution is 2.41. The van der Waals surface area contributed by atoms with Crippen molar-refractivity contribution in [1.29, 1.82) is 0 Å². The number of nitrogens with zero attached hydrogens (tertiary/aromatic N) is 2. The first kappa shape index (κ1) is 21.8. The lowest BCUT2D eigenvalue weighted by molar-refractivity contribution is -0.119. The molecule has 0 spiro atoms. The quantitative estimate of drug-likeness (QED) is 0.609. The molecule has 1 aromatic carbocycles. The number of benzene rings is 1. The predicted octanol–water partition coefficient (Wildman–Crippen LogP) is 0.156. The van der Waals surface area contributed by atoms with Gasteiger partial charge in [-0.05, 0) is 14.1 Å². The van der Waals surface area contributed by atoms with E-state index in [0.717, 1.165) is 10.6 Å². The molecule has 0 bridgehead atoms. The third-order valence-electron chi connectivity index (χ3n) is 3.51. The summed E-state index contributed by atoms with van der Waals surface area (Å²) in [7, 11) is 4.36. The predicted molar refractivity (Wildman–Crippen MR) is 99.9 cm³/mol. The maximum atomic E-state index is 12.2. The Morgan fingerprint density at radius 2 is 1.62 bits per heavy atom. The van der Waals surface area contributed by atoms with Gasteiger partial charge in [-0.1, -0.05) is 0 Å². The van der Waals surface area contributed by atoms with Crippen LogP contribution in [0.5, 0.6) is 17.2 Å². The van der Waals surface area contributed by atoms with E-state index in [1.807, 2.05) is 19.0 Å². The highest BCUT2D eigenvalue weighted by molar-refractivity contribution is 7.92. The van der Waals surface area contributed by atoms with E-state index in [1.54, 1.807) is 0 Å². The van der Waals surface area contributed by atoms with Gasteiger partial charge in [0.15, 0.2) is 11.5 Å². The molecule has 0 aliphatic carbocycles. The fourth-order valence-corrected chi connectivity index (χ4v) is 3.06. The number of nitrogens with one attached hydrogen (secondary N) is 1. The lowest BCUT2D eigenvalue weighted by Crippen LogP contribution is -2.42. The average molecular weight is 389 g/mol. The summed E-state index contributed by atoms with van der Waals surface area (Å²) < 4.78 is 41.2. The third-order valence-corrected chi connectivity index (χ3v) is 4.65. The van der Waals surface area contributed by atoms with Gasteiger partial charge in [0.1, 0.15) is 6.54 Å². The SMILES string of the molecule is COc1cc(N(CC(=O)NCCN(C)C)S(C)(=O)=O)cc(OC)c1OC. The van der Waals surface area contributed by atoms with Crippen molar-refractivity contribution in [2.24, 2.45) is 0 Å². The van der Waals surface area contributed by atoms with E-state index in [2.05, 4.69) is 5.32 Å². The summed E-state index contributed by atoms with van der Waals surface area (Å²) in [5, 5.41) is 2.69. The normalized spacial score (nSPS) is 11.2. The summed E-state index contributed by atoms with van der Waals surface area (Å²) in [5.41, 5.74) is 0.241. The smallest absolute Gasteiger partial charge is 0.240 e. The van der Waals surface area contributed by atoms with Gasteiger partial charge in [0, 0.05) is 25.2 Å². The van der Waals surface area contributed by atoms with Crippen LogP contribution in [-0.4, -0.2) is 80.5 Å². The number of carbonyl (C=O) groups excluding carboxylic acids is 1. The fourth-order valence-electron chi connectivity index (χ4n) is 2.22. The molecular formula is C16H27N3O6S. The number of methoxy groups -OCH3 is 3. The lowest BCUT2D eigenvalue weighted by Gasteiger charge is -2.24. The van der Waals surface area contributed by atoms with Crippen LogP contribution in [0.2, 0.25) is 0 Å². The van der Waals surface area contributed by atoms with Crippen LogP contribution in [0.1, 0.15) is 0 Å². The molecule has 0 saturated heterocycles. The highest BCUT2D eigenvalue weighted by atomic mass is 32.2. The van der Waals surface area contributed by atoms with Gasteiger partial charge < -0.3 is 24.4 Å². The van der Waals surface area contributed by atoms with Crippen molar-refractivity contribution in [2.75, 3.05) is 65.6 Å². The Bertz CT molecular complexity index is 696. The molecule has 1 aromatic rings. The molecule has 0 atom stereocenters. The van der Waals surface area contributed by atoms with Gasteiger partial charge in [-0.2, -0.15) is 0 Å². The van der Waals surface area contributed by atoms with E-state index in [9.17, 15) is 13.2 Å². The number of sulfonamides is 1. The van der Waals surface area contributed by atoms with Crippen LogP contribution in [-0.2, 0) is 14.8 Å². The molecule has 0 radical (unpaired) electrons. The highest BCUT2D eigenvalue weighted by Gasteiger charge is 2.24. The zero-order chi connectivity index (χ0) is 19.9. The van der Waals surface area contributed by atoms with Crippen LogP contribution in [0.4, 0.5) is 5.69 Å². The first-order chi connectivity index (χ1) is 12.1. The first-order valence-electron chi connectivity index (χ1n) is 7.83. The molecule has 0 fully saturated rings. The minimum absolute atomic E-state index is 0.241. The molecule has 0 heterocycles. The van der Waals surface area contributed by atoms with E-state index < -0.39 is 15.9 Å². The van der Waals surface area contributed by atoms with E-state index >= 15 is 0 Å². The van der Waals surface area contributed by atoms with Crippen molar-refractivity contribution in [1.82, 2.24) is 10.2 Å². The summed E-state index contributed by atoms with van der Waals surface area (Å²) in [4.78, 5) is 14.1. The second kappa shape index (κ2) is 9.48. The molecule has 0 aliphatic heterocycles. The van der Waals surface area contributed by atoms with Crippen molar-refractivity contribution in [3.8, 4) is 17.2 Å². The zero-order valence-corrected chi connectivity index (χ0v) is 16.8. The van der Waals surface area contributed by atoms with Gasteiger partial charge in [-0.25, -0.2) is 8.42 Å². The van der Waals surface area contributed by atoms with Crippen LogP contribution in [0.15, 0.2) is 12.1 Å². The van der Waals surface area contributed by atoms with Crippen molar-refractivity contribution < 1.29 is 27.4 Å². The Balaban J connectivity index is 3.16. The van der Waals surface area contributed by atoms with Crippen molar-refractivity contribution in [2.45, 2.75) is 0 Å². The number of hydrogen-bond donors (Lipinski definition) is 1. The van der Waals surface area contributed by atoms with Crippen LogP contribution < -0.4 is 23.8 Å². The number of ether oxygens (including phenoxy) is 3. The lowest BCUT2D eigenvalue weighted by atomic mass is 10.2. The summed E-state index contributed by atoms with van der Waals surface area (Å²) in [6, 6.07) is 2.96. The average Bonchev–Trinajstić information content (AvgIpc) is 2.56. The monoisotopic (exact) mass is 389 g/mol. The Labute approximate surface area is 154 Å². The van der Waals surface area contributed by atoms with Crippen molar-refractivity contribution in [3.05, 3.63) is 12.1 Å². The topological polar surface area (TPSA) is 97.4 Å². The fraction of sp³-hybridized carbons (Fsp3) is 0.562. The first-order valence-corrected chi connectivity index (χ1v) is 9.68. The van der Waals surface area contributed by atoms with Crippen LogP contribution >= 0.6 is 0 Å². The molecule has 1 N–H and O–H groups in total. The van der Waals surface area contributed by atoms with Gasteiger partial charge in [-0.15, -0.1) is 0 Å². The molecule has 0 saturated carbocycles. The second-order valence-electron chi connectivity index (χ2n) is 5.81. The van der Waals surface area contributed by atoms with E-state index in [1.165, 1.54) is 33.5 Å². The number of hydrogen-bond acceptors (Lipinski definition) is 7. The summed E-state index contributed by atoms with van der Waals surface area (Å²) >= 11 is 0. The van der Waals surface area contributed by atoms with Gasteiger partial charge in [0.25, 0.3) is 0 Å². The van der Waals surface area contributed by atoms with Gasteiger partial charge in [0.05, 0.1) is 33.3 Å². The minimum atomic E-state index is -3.71. The molecule has 0 unspecified atom stereocenters. The molecule has 0 aromatic heterocycles. The maximum Gasteiger partial charge on any atom is 0.240 e. The largest absolute Gasteiger partial charge is 0.493 e. The standard InChI is InChI=1S/C16H27N3O6S/c1-18(2)8-7-17-15(20)11-19(26(6,21)22)12-9-13(23-3)16(25-5)14(10-12)24-4/h9-10H,7-8,11H2,1-6H3,(H,17,20). The van der Waals surface area contributed by atoms with Gasteiger partial charge in [0.2, 0.25) is 21.7 Å². The molecule has 10 heteroatoms. The number of rotatable bonds is 10. The maximum absolute atomic E-state index is 12.2. The Morgan fingerprint density at radius 1 is 1.08 bits per heavy atom. The van der Waals surface area contributed by atoms with E-state index in [0.29, 0.717) is 30.3 Å². The Hall–Kier alpha value is -2.20. The Kier molecular flexibility index (Phi) is 7.97. The molecule has 1 amide bonds. The molecular weight excluding hydrogens is 362 g/mol. The number of likely N-dealkylation sites (N-methyl/N-ethyl adjacent to an activating group) is 1. The summed E-state index contributed by atoms with van der Waals surface area (Å²) in [6.45, 7) is 0.707. The van der Waals surface area contributed by atoms with E-state index in [4.69, 9.17) is 14.2 Å². The summed E-state index contributed by atoms with van der Waals surface area (Å²) in [5.74, 6) is 0.515. The minimum Gasteiger partial charge on any atom is -0.493 e. The number of amides is 1. The molecule has 9 nitrogen and oxygen atoms in total. The molecule has 26 heavy (non-hydrogen) atoms. The van der Waals surface area contributed by atoms with Crippen LogP contribution in [0.25, 0.3) is 0 Å². The van der Waals surface area contributed by atoms with E-state index in [-0.39, 0.29) is 12.2 Å². The molecule has 148 valence electrons. The van der Waals surface area contributed by atoms with Crippen molar-refractivity contribution in [3.63, 3.8) is 0 Å². The molecule has 1 rings (SSSR count).